The number of anilines is 2. The average Bonchev–Trinajstić information content (AvgIpc) is 3.06. The summed E-state index contributed by atoms with van der Waals surface area (Å²) >= 11 is 6.15. The molecule has 2 heterocycles. The third-order valence-electron chi connectivity index (χ3n) is 3.70. The smallest absolute Gasteiger partial charge is 0.227 e. The molecule has 0 saturated heterocycles. The topological polar surface area (TPSA) is 75.7 Å². The van der Waals surface area contributed by atoms with E-state index in [4.69, 9.17) is 16.3 Å². The first kappa shape index (κ1) is 15.4. The highest BCUT2D eigenvalue weighted by Gasteiger charge is 2.08. The lowest BCUT2D eigenvalue weighted by Gasteiger charge is -2.08. The summed E-state index contributed by atoms with van der Waals surface area (Å²) in [4.78, 5) is 16.6. The molecule has 4 aromatic rings. The molecule has 0 saturated carbocycles. The van der Waals surface area contributed by atoms with Gasteiger partial charge in [0.05, 0.1) is 23.2 Å². The molecular formula is C18H14ClN5O. The van der Waals surface area contributed by atoms with Crippen molar-refractivity contribution in [3.8, 4) is 17.3 Å². The van der Waals surface area contributed by atoms with Gasteiger partial charge in [0.1, 0.15) is 11.4 Å². The van der Waals surface area contributed by atoms with Crippen LogP contribution in [0.5, 0.6) is 5.75 Å². The number of benzene rings is 2. The van der Waals surface area contributed by atoms with Gasteiger partial charge in [-0.05, 0) is 36.4 Å². The largest absolute Gasteiger partial charge is 0.495 e. The van der Waals surface area contributed by atoms with Gasteiger partial charge in [0.25, 0.3) is 0 Å². The highest BCUT2D eigenvalue weighted by molar-refractivity contribution is 6.32. The van der Waals surface area contributed by atoms with Crippen LogP contribution in [0.3, 0.4) is 0 Å². The number of aromatic nitrogens is 4. The molecule has 0 aliphatic rings. The fourth-order valence-corrected chi connectivity index (χ4v) is 2.76. The van der Waals surface area contributed by atoms with Crippen LogP contribution in [0.2, 0.25) is 5.02 Å². The summed E-state index contributed by atoms with van der Waals surface area (Å²) in [7, 11) is 1.58. The molecule has 6 nitrogen and oxygen atoms in total. The van der Waals surface area contributed by atoms with E-state index in [1.165, 1.54) is 0 Å². The minimum Gasteiger partial charge on any atom is -0.495 e. The SMILES string of the molecule is COc1ccc(Nc2nccc(-c3nc4ccccc4[nH]3)n2)cc1Cl. The zero-order valence-corrected chi connectivity index (χ0v) is 14.1. The van der Waals surface area contributed by atoms with Gasteiger partial charge in [-0.3, -0.25) is 0 Å². The van der Waals surface area contributed by atoms with Crippen molar-refractivity contribution in [2.75, 3.05) is 12.4 Å². The molecule has 2 aromatic heterocycles. The van der Waals surface area contributed by atoms with Gasteiger partial charge < -0.3 is 15.0 Å². The number of aromatic amines is 1. The Bertz CT molecular complexity index is 1010. The Labute approximate surface area is 148 Å². The van der Waals surface area contributed by atoms with E-state index in [9.17, 15) is 0 Å². The summed E-state index contributed by atoms with van der Waals surface area (Å²) < 4.78 is 5.15. The minimum atomic E-state index is 0.458. The first-order chi connectivity index (χ1) is 12.2. The zero-order chi connectivity index (χ0) is 17.2. The molecule has 0 spiro atoms. The summed E-state index contributed by atoms with van der Waals surface area (Å²) in [5, 5.41) is 3.65. The molecule has 0 unspecified atom stereocenters. The maximum Gasteiger partial charge on any atom is 0.227 e. The second-order valence-corrected chi connectivity index (χ2v) is 5.75. The van der Waals surface area contributed by atoms with Crippen LogP contribution < -0.4 is 10.1 Å². The first-order valence-corrected chi connectivity index (χ1v) is 7.99. The maximum absolute atomic E-state index is 6.15. The monoisotopic (exact) mass is 351 g/mol. The van der Waals surface area contributed by atoms with Crippen molar-refractivity contribution in [1.82, 2.24) is 19.9 Å². The molecule has 2 aromatic carbocycles. The maximum atomic E-state index is 6.15. The van der Waals surface area contributed by atoms with E-state index in [0.29, 0.717) is 28.2 Å². The molecular weight excluding hydrogens is 338 g/mol. The molecule has 7 heteroatoms. The third-order valence-corrected chi connectivity index (χ3v) is 3.99. The minimum absolute atomic E-state index is 0.458. The lowest BCUT2D eigenvalue weighted by atomic mass is 10.3. The lowest BCUT2D eigenvalue weighted by molar-refractivity contribution is 0.415. The van der Waals surface area contributed by atoms with Gasteiger partial charge in [-0.15, -0.1) is 0 Å². The number of halogens is 1. The van der Waals surface area contributed by atoms with Crippen molar-refractivity contribution < 1.29 is 4.74 Å². The highest BCUT2D eigenvalue weighted by atomic mass is 35.5. The van der Waals surface area contributed by atoms with E-state index < -0.39 is 0 Å². The van der Waals surface area contributed by atoms with Crippen LogP contribution in [0.25, 0.3) is 22.6 Å². The second-order valence-electron chi connectivity index (χ2n) is 5.34. The van der Waals surface area contributed by atoms with Crippen LogP contribution >= 0.6 is 11.6 Å². The Kier molecular flexibility index (Phi) is 3.95. The predicted octanol–water partition coefficient (Wildman–Crippen LogP) is 4.43. The van der Waals surface area contributed by atoms with E-state index in [1.807, 2.05) is 36.4 Å². The number of imidazole rings is 1. The van der Waals surface area contributed by atoms with Crippen molar-refractivity contribution >= 4 is 34.3 Å². The van der Waals surface area contributed by atoms with Crippen molar-refractivity contribution in [2.45, 2.75) is 0 Å². The standard InChI is InChI=1S/C18H14ClN5O/c1-25-16-7-6-11(10-12(16)19)21-18-20-9-8-15(24-18)17-22-13-4-2-3-5-14(13)23-17/h2-10H,1H3,(H,22,23)(H,20,21,24). The Morgan fingerprint density at radius 2 is 1.96 bits per heavy atom. The van der Waals surface area contributed by atoms with Gasteiger partial charge in [-0.2, -0.15) is 0 Å². The Hall–Kier alpha value is -3.12. The third kappa shape index (κ3) is 3.12. The van der Waals surface area contributed by atoms with Crippen LogP contribution in [-0.4, -0.2) is 27.0 Å². The number of nitrogens with zero attached hydrogens (tertiary/aromatic N) is 3. The van der Waals surface area contributed by atoms with E-state index >= 15 is 0 Å². The second kappa shape index (κ2) is 6.41. The van der Waals surface area contributed by atoms with Gasteiger partial charge in [0.15, 0.2) is 5.82 Å². The van der Waals surface area contributed by atoms with Crippen LogP contribution in [0.4, 0.5) is 11.6 Å². The van der Waals surface area contributed by atoms with Gasteiger partial charge in [-0.1, -0.05) is 23.7 Å². The first-order valence-electron chi connectivity index (χ1n) is 7.61. The lowest BCUT2D eigenvalue weighted by Crippen LogP contribution is -1.98. The van der Waals surface area contributed by atoms with Gasteiger partial charge in [0.2, 0.25) is 5.95 Å². The fourth-order valence-electron chi connectivity index (χ4n) is 2.50. The molecule has 124 valence electrons. The molecule has 0 aliphatic carbocycles. The van der Waals surface area contributed by atoms with Crippen LogP contribution in [0.1, 0.15) is 0 Å². The van der Waals surface area contributed by atoms with Crippen LogP contribution in [-0.2, 0) is 0 Å². The van der Waals surface area contributed by atoms with Crippen molar-refractivity contribution in [3.05, 3.63) is 59.8 Å². The van der Waals surface area contributed by atoms with Crippen molar-refractivity contribution in [1.29, 1.82) is 0 Å². The van der Waals surface area contributed by atoms with Gasteiger partial charge >= 0.3 is 0 Å². The summed E-state index contributed by atoms with van der Waals surface area (Å²) in [6, 6.07) is 15.1. The molecule has 0 bridgehead atoms. The normalized spacial score (nSPS) is 10.8. The van der Waals surface area contributed by atoms with E-state index in [1.54, 1.807) is 25.4 Å². The summed E-state index contributed by atoms with van der Waals surface area (Å²) in [6.45, 7) is 0. The Morgan fingerprint density at radius 1 is 1.08 bits per heavy atom. The molecule has 0 amide bonds. The van der Waals surface area contributed by atoms with E-state index in [0.717, 1.165) is 16.7 Å². The molecule has 2 N–H and O–H groups in total. The number of para-hydroxylation sites is 2. The number of H-pyrrole nitrogens is 1. The summed E-state index contributed by atoms with van der Waals surface area (Å²) in [6.07, 6.45) is 1.68. The molecule has 0 radical (unpaired) electrons. The molecule has 25 heavy (non-hydrogen) atoms. The average molecular weight is 352 g/mol. The van der Waals surface area contributed by atoms with E-state index in [2.05, 4.69) is 25.3 Å². The number of hydrogen-bond donors (Lipinski definition) is 2. The molecule has 0 fully saturated rings. The number of fused-ring (bicyclic) bond motifs is 1. The predicted molar refractivity (Wildman–Crippen MR) is 98.4 cm³/mol. The van der Waals surface area contributed by atoms with Crippen molar-refractivity contribution in [3.63, 3.8) is 0 Å². The highest BCUT2D eigenvalue weighted by Crippen LogP contribution is 2.28. The quantitative estimate of drug-likeness (QED) is 0.569. The summed E-state index contributed by atoms with van der Waals surface area (Å²) in [5.74, 6) is 1.77. The number of rotatable bonds is 4. The van der Waals surface area contributed by atoms with Crippen LogP contribution in [0, 0.1) is 0 Å². The van der Waals surface area contributed by atoms with Crippen molar-refractivity contribution in [2.24, 2.45) is 0 Å². The van der Waals surface area contributed by atoms with Gasteiger partial charge in [-0.25, -0.2) is 15.0 Å². The van der Waals surface area contributed by atoms with Crippen LogP contribution in [0.15, 0.2) is 54.7 Å². The number of ether oxygens (including phenoxy) is 1. The zero-order valence-electron chi connectivity index (χ0n) is 13.3. The molecule has 0 atom stereocenters. The Morgan fingerprint density at radius 3 is 2.76 bits per heavy atom. The molecule has 0 aliphatic heterocycles. The van der Waals surface area contributed by atoms with Gasteiger partial charge in [0, 0.05) is 11.9 Å². The number of hydrogen-bond acceptors (Lipinski definition) is 5. The summed E-state index contributed by atoms with van der Waals surface area (Å²) in [5.41, 5.74) is 3.33. The Balaban J connectivity index is 1.64. The number of methoxy groups -OCH3 is 1. The fraction of sp³-hybridized carbons (Fsp3) is 0.0556. The number of nitrogens with one attached hydrogen (secondary N) is 2. The van der Waals surface area contributed by atoms with E-state index in [-0.39, 0.29) is 0 Å². The molecule has 4 rings (SSSR count).